The molecule has 1 fully saturated rings. The van der Waals surface area contributed by atoms with Crippen LogP contribution >= 0.6 is 0 Å². The summed E-state index contributed by atoms with van der Waals surface area (Å²) in [5, 5.41) is 2.99. The molecular weight excluding hydrogens is 464 g/mol. The van der Waals surface area contributed by atoms with Crippen LogP contribution < -0.4 is 10.1 Å². The van der Waals surface area contributed by atoms with E-state index < -0.39 is 10.0 Å². The number of ether oxygens (including phenoxy) is 1. The third kappa shape index (κ3) is 4.78. The maximum Gasteiger partial charge on any atom is 0.243 e. The van der Waals surface area contributed by atoms with Crippen molar-refractivity contribution in [1.82, 2.24) is 14.3 Å². The summed E-state index contributed by atoms with van der Waals surface area (Å²) >= 11 is 0. The number of para-hydroxylation sites is 2. The Hall–Kier alpha value is -3.69. The van der Waals surface area contributed by atoms with Crippen LogP contribution in [0.2, 0.25) is 0 Å². The van der Waals surface area contributed by atoms with E-state index in [9.17, 15) is 13.2 Å². The van der Waals surface area contributed by atoms with Crippen LogP contribution in [-0.2, 0) is 14.8 Å². The molecule has 0 radical (unpaired) electrons. The predicted octanol–water partition coefficient (Wildman–Crippen LogP) is 4.28. The molecule has 1 saturated heterocycles. The maximum absolute atomic E-state index is 13.0. The number of aromatic amines is 1. The topological polar surface area (TPSA) is 104 Å². The van der Waals surface area contributed by atoms with Crippen molar-refractivity contribution in [2.75, 3.05) is 25.5 Å². The van der Waals surface area contributed by atoms with Gasteiger partial charge in [-0.25, -0.2) is 13.4 Å². The SMILES string of the molecule is COc1ccc(S(=O)(=O)N2CCC(C(=O)Nc3cccc(-c4nc5ccccc5[nH]4)c3)CC2)cc1. The second kappa shape index (κ2) is 9.52. The van der Waals surface area contributed by atoms with Gasteiger partial charge >= 0.3 is 0 Å². The van der Waals surface area contributed by atoms with Gasteiger partial charge in [0.1, 0.15) is 11.6 Å². The quantitative estimate of drug-likeness (QED) is 0.420. The second-order valence-corrected chi connectivity index (χ2v) is 10.5. The lowest BCUT2D eigenvalue weighted by Gasteiger charge is -2.30. The molecule has 2 N–H and O–H groups in total. The summed E-state index contributed by atoms with van der Waals surface area (Å²) in [4.78, 5) is 21.1. The zero-order chi connectivity index (χ0) is 24.4. The largest absolute Gasteiger partial charge is 0.497 e. The Morgan fingerprint density at radius 2 is 1.77 bits per heavy atom. The molecule has 2 heterocycles. The summed E-state index contributed by atoms with van der Waals surface area (Å²) in [6, 6.07) is 21.7. The summed E-state index contributed by atoms with van der Waals surface area (Å²) < 4.78 is 32.5. The molecular formula is C26H26N4O4S. The highest BCUT2D eigenvalue weighted by atomic mass is 32.2. The molecule has 1 amide bonds. The minimum atomic E-state index is -3.61. The number of piperidine rings is 1. The normalized spacial score (nSPS) is 15.2. The van der Waals surface area contributed by atoms with Crippen molar-refractivity contribution >= 4 is 32.7 Å². The number of imidazole rings is 1. The maximum atomic E-state index is 13.0. The lowest BCUT2D eigenvalue weighted by Crippen LogP contribution is -2.41. The van der Waals surface area contributed by atoms with Gasteiger partial charge in [0.05, 0.1) is 23.0 Å². The Morgan fingerprint density at radius 3 is 2.49 bits per heavy atom. The number of nitrogens with one attached hydrogen (secondary N) is 2. The van der Waals surface area contributed by atoms with E-state index in [4.69, 9.17) is 4.74 Å². The van der Waals surface area contributed by atoms with Crippen LogP contribution in [0.3, 0.4) is 0 Å². The fourth-order valence-electron chi connectivity index (χ4n) is 4.33. The first-order valence-corrected chi connectivity index (χ1v) is 12.9. The molecule has 1 aliphatic rings. The van der Waals surface area contributed by atoms with E-state index in [2.05, 4.69) is 15.3 Å². The first-order valence-electron chi connectivity index (χ1n) is 11.4. The van der Waals surface area contributed by atoms with Crippen LogP contribution in [0.4, 0.5) is 5.69 Å². The van der Waals surface area contributed by atoms with E-state index in [-0.39, 0.29) is 16.7 Å². The molecule has 180 valence electrons. The molecule has 3 aromatic carbocycles. The highest BCUT2D eigenvalue weighted by Crippen LogP contribution is 2.27. The number of rotatable bonds is 6. The average Bonchev–Trinajstić information content (AvgIpc) is 3.33. The van der Waals surface area contributed by atoms with E-state index in [1.807, 2.05) is 48.5 Å². The van der Waals surface area contributed by atoms with E-state index in [1.54, 1.807) is 24.3 Å². The van der Waals surface area contributed by atoms with Gasteiger partial charge < -0.3 is 15.0 Å². The fraction of sp³-hybridized carbons (Fsp3) is 0.231. The van der Waals surface area contributed by atoms with Crippen molar-refractivity contribution in [2.24, 2.45) is 5.92 Å². The minimum absolute atomic E-state index is 0.103. The van der Waals surface area contributed by atoms with Crippen molar-refractivity contribution in [3.05, 3.63) is 72.8 Å². The lowest BCUT2D eigenvalue weighted by molar-refractivity contribution is -0.120. The number of carbonyl (C=O) groups excluding carboxylic acids is 1. The molecule has 35 heavy (non-hydrogen) atoms. The Labute approximate surface area is 204 Å². The van der Waals surface area contributed by atoms with Gasteiger partial charge in [0.15, 0.2) is 0 Å². The number of sulfonamides is 1. The molecule has 0 unspecified atom stereocenters. The van der Waals surface area contributed by atoms with Gasteiger partial charge in [-0.3, -0.25) is 4.79 Å². The highest BCUT2D eigenvalue weighted by Gasteiger charge is 2.32. The summed E-state index contributed by atoms with van der Waals surface area (Å²) in [6.45, 7) is 0.594. The number of fused-ring (bicyclic) bond motifs is 1. The van der Waals surface area contributed by atoms with Crippen molar-refractivity contribution in [3.63, 3.8) is 0 Å². The van der Waals surface area contributed by atoms with Crippen molar-refractivity contribution in [1.29, 1.82) is 0 Å². The molecule has 5 rings (SSSR count). The third-order valence-electron chi connectivity index (χ3n) is 6.31. The zero-order valence-electron chi connectivity index (χ0n) is 19.3. The van der Waals surface area contributed by atoms with Gasteiger partial charge in [0, 0.05) is 30.3 Å². The predicted molar refractivity (Wildman–Crippen MR) is 135 cm³/mol. The molecule has 1 aliphatic heterocycles. The Kier molecular flexibility index (Phi) is 6.27. The second-order valence-electron chi connectivity index (χ2n) is 8.53. The molecule has 1 aromatic heterocycles. The Morgan fingerprint density at radius 1 is 1.03 bits per heavy atom. The molecule has 0 spiro atoms. The van der Waals surface area contributed by atoms with Gasteiger partial charge in [-0.15, -0.1) is 0 Å². The minimum Gasteiger partial charge on any atom is -0.497 e. The first kappa shape index (κ1) is 23.1. The molecule has 9 heteroatoms. The molecule has 0 aliphatic carbocycles. The monoisotopic (exact) mass is 490 g/mol. The van der Waals surface area contributed by atoms with E-state index >= 15 is 0 Å². The number of carbonyl (C=O) groups is 1. The zero-order valence-corrected chi connectivity index (χ0v) is 20.1. The Balaban J connectivity index is 1.22. The number of benzene rings is 3. The lowest BCUT2D eigenvalue weighted by atomic mass is 9.97. The number of methoxy groups -OCH3 is 1. The molecule has 0 bridgehead atoms. The molecule has 0 saturated carbocycles. The number of amides is 1. The molecule has 4 aromatic rings. The van der Waals surface area contributed by atoms with Gasteiger partial charge in [-0.05, 0) is 61.4 Å². The summed E-state index contributed by atoms with van der Waals surface area (Å²) in [7, 11) is -2.07. The summed E-state index contributed by atoms with van der Waals surface area (Å²) in [5.41, 5.74) is 3.39. The number of hydrogen-bond donors (Lipinski definition) is 2. The summed E-state index contributed by atoms with van der Waals surface area (Å²) in [5.74, 6) is 0.975. The number of H-pyrrole nitrogens is 1. The van der Waals surface area contributed by atoms with Crippen molar-refractivity contribution < 1.29 is 17.9 Å². The molecule has 0 atom stereocenters. The standard InChI is InChI=1S/C26H26N4O4S/c1-34-21-9-11-22(12-10-21)35(32,33)30-15-13-18(14-16-30)26(31)27-20-6-4-5-19(17-20)25-28-23-7-2-3-8-24(23)29-25/h2-12,17-18H,13-16H2,1H3,(H,27,31)(H,28,29). The third-order valence-corrected chi connectivity index (χ3v) is 8.23. The van der Waals surface area contributed by atoms with E-state index in [1.165, 1.54) is 11.4 Å². The van der Waals surface area contributed by atoms with Gasteiger partial charge in [0.25, 0.3) is 0 Å². The number of aromatic nitrogens is 2. The van der Waals surface area contributed by atoms with E-state index in [0.717, 1.165) is 22.4 Å². The smallest absolute Gasteiger partial charge is 0.243 e. The average molecular weight is 491 g/mol. The van der Waals surface area contributed by atoms with Gasteiger partial charge in [-0.2, -0.15) is 4.31 Å². The number of anilines is 1. The Bertz CT molecular complexity index is 1420. The van der Waals surface area contributed by atoms with Crippen LogP contribution in [-0.4, -0.2) is 48.8 Å². The van der Waals surface area contributed by atoms with Crippen LogP contribution in [0.5, 0.6) is 5.75 Å². The number of hydrogen-bond acceptors (Lipinski definition) is 5. The van der Waals surface area contributed by atoms with Gasteiger partial charge in [0.2, 0.25) is 15.9 Å². The first-order chi connectivity index (χ1) is 16.9. The van der Waals surface area contributed by atoms with E-state index in [0.29, 0.717) is 37.4 Å². The fourth-order valence-corrected chi connectivity index (χ4v) is 5.80. The van der Waals surface area contributed by atoms with Crippen molar-refractivity contribution in [3.8, 4) is 17.1 Å². The van der Waals surface area contributed by atoms with Crippen LogP contribution in [0, 0.1) is 5.92 Å². The van der Waals surface area contributed by atoms with Gasteiger partial charge in [-0.1, -0.05) is 24.3 Å². The van der Waals surface area contributed by atoms with Crippen LogP contribution in [0.15, 0.2) is 77.7 Å². The number of nitrogens with zero attached hydrogens (tertiary/aromatic N) is 2. The highest BCUT2D eigenvalue weighted by molar-refractivity contribution is 7.89. The van der Waals surface area contributed by atoms with Crippen molar-refractivity contribution in [2.45, 2.75) is 17.7 Å². The van der Waals surface area contributed by atoms with Crippen LogP contribution in [0.25, 0.3) is 22.4 Å². The summed E-state index contributed by atoms with van der Waals surface area (Å²) in [6.07, 6.45) is 0.926. The molecule has 8 nitrogen and oxygen atoms in total. The van der Waals surface area contributed by atoms with Crippen LogP contribution in [0.1, 0.15) is 12.8 Å².